The van der Waals surface area contributed by atoms with Gasteiger partial charge in [-0.15, -0.1) is 11.8 Å². The van der Waals surface area contributed by atoms with Crippen molar-refractivity contribution < 1.29 is 0 Å². The Morgan fingerprint density at radius 1 is 0.538 bits per heavy atom. The van der Waals surface area contributed by atoms with Gasteiger partial charge in [-0.3, -0.25) is 0 Å². The molecule has 1 heterocycles. The molecule has 0 bridgehead atoms. The molecule has 5 rings (SSSR count). The summed E-state index contributed by atoms with van der Waals surface area (Å²) in [5.74, 6) is 2.40. The Morgan fingerprint density at radius 3 is 1.50 bits per heavy atom. The second-order valence-corrected chi connectivity index (χ2v) is 9.35. The first kappa shape index (κ1) is 16.3. The number of hydrogen-bond acceptors (Lipinski definition) is 2. The van der Waals surface area contributed by atoms with Crippen LogP contribution in [0.2, 0.25) is 0 Å². The highest BCUT2D eigenvalue weighted by atomic mass is 32.2. The summed E-state index contributed by atoms with van der Waals surface area (Å²) < 4.78 is 0. The third-order valence-corrected chi connectivity index (χ3v) is 8.25. The van der Waals surface area contributed by atoms with Gasteiger partial charge in [0, 0.05) is 22.0 Å². The Balaban J connectivity index is 1.44. The van der Waals surface area contributed by atoms with Gasteiger partial charge in [0.1, 0.15) is 0 Å². The van der Waals surface area contributed by atoms with Crippen LogP contribution in [0.15, 0.2) is 84.9 Å². The van der Waals surface area contributed by atoms with E-state index in [2.05, 4.69) is 108 Å². The van der Waals surface area contributed by atoms with E-state index in [1.165, 1.54) is 44.2 Å². The van der Waals surface area contributed by atoms with Crippen LogP contribution in [-0.2, 0) is 0 Å². The normalized spacial score (nSPS) is 20.5. The highest BCUT2D eigenvalue weighted by Crippen LogP contribution is 2.48. The van der Waals surface area contributed by atoms with Crippen molar-refractivity contribution in [3.63, 3.8) is 0 Å². The van der Waals surface area contributed by atoms with Crippen LogP contribution in [0.1, 0.15) is 21.6 Å². The summed E-state index contributed by atoms with van der Waals surface area (Å²) in [4.78, 5) is 0. The third-order valence-electron chi connectivity index (χ3n) is 5.16. The number of fused-ring (bicyclic) bond motifs is 2. The molecule has 1 fully saturated rings. The predicted octanol–water partition coefficient (Wildman–Crippen LogP) is 7.26. The van der Waals surface area contributed by atoms with E-state index < -0.39 is 0 Å². The maximum atomic E-state index is 2.39. The van der Waals surface area contributed by atoms with Crippen molar-refractivity contribution in [1.29, 1.82) is 0 Å². The third kappa shape index (κ3) is 3.13. The summed E-state index contributed by atoms with van der Waals surface area (Å²) in [6, 6.07) is 31.3. The van der Waals surface area contributed by atoms with E-state index in [-0.39, 0.29) is 0 Å². The Morgan fingerprint density at radius 2 is 1.00 bits per heavy atom. The Kier molecular flexibility index (Phi) is 4.40. The zero-order valence-electron chi connectivity index (χ0n) is 14.5. The van der Waals surface area contributed by atoms with Crippen LogP contribution >= 0.6 is 23.5 Å². The van der Waals surface area contributed by atoms with Gasteiger partial charge in [-0.2, -0.15) is 11.8 Å². The van der Waals surface area contributed by atoms with E-state index in [0.717, 1.165) is 0 Å². The van der Waals surface area contributed by atoms with Gasteiger partial charge in [0.2, 0.25) is 0 Å². The number of benzene rings is 4. The monoisotopic (exact) mass is 372 g/mol. The second-order valence-electron chi connectivity index (χ2n) is 6.86. The molecule has 0 unspecified atom stereocenters. The minimum atomic E-state index is 0.565. The first-order valence-corrected chi connectivity index (χ1v) is 11.2. The number of thioether (sulfide) groups is 2. The smallest absolute Gasteiger partial charge is 0.0394 e. The second kappa shape index (κ2) is 7.02. The molecule has 26 heavy (non-hydrogen) atoms. The van der Waals surface area contributed by atoms with Gasteiger partial charge in [-0.25, -0.2) is 0 Å². The first-order valence-electron chi connectivity index (χ1n) is 9.07. The van der Waals surface area contributed by atoms with Crippen LogP contribution in [0.4, 0.5) is 0 Å². The summed E-state index contributed by atoms with van der Waals surface area (Å²) in [6.07, 6.45) is 0. The molecule has 4 aromatic rings. The predicted molar refractivity (Wildman–Crippen MR) is 118 cm³/mol. The maximum Gasteiger partial charge on any atom is 0.0394 e. The molecule has 0 radical (unpaired) electrons. The van der Waals surface area contributed by atoms with Gasteiger partial charge in [-0.1, -0.05) is 84.9 Å². The van der Waals surface area contributed by atoms with Crippen molar-refractivity contribution >= 4 is 45.1 Å². The molecule has 0 aliphatic carbocycles. The van der Waals surface area contributed by atoms with Crippen LogP contribution in [0, 0.1) is 0 Å². The topological polar surface area (TPSA) is 0 Å². The summed E-state index contributed by atoms with van der Waals surface area (Å²) in [5, 5.41) is 6.49. The average molecular weight is 373 g/mol. The molecule has 0 spiro atoms. The molecule has 4 aromatic carbocycles. The molecule has 128 valence electrons. The molecule has 0 N–H and O–H groups in total. The van der Waals surface area contributed by atoms with Gasteiger partial charge in [0.05, 0.1) is 0 Å². The van der Waals surface area contributed by atoms with Crippen LogP contribution in [0.3, 0.4) is 0 Å². The highest BCUT2D eigenvalue weighted by Gasteiger charge is 2.25. The van der Waals surface area contributed by atoms with Crippen molar-refractivity contribution in [3.8, 4) is 0 Å². The lowest BCUT2D eigenvalue weighted by atomic mass is 10.1. The SMILES string of the molecule is c1ccc2cc([C@@H]3CSC[C@H](c4ccc5ccccc5c4)S3)ccc2c1. The summed E-state index contributed by atoms with van der Waals surface area (Å²) in [7, 11) is 0. The molecular formula is C24H20S2. The van der Waals surface area contributed by atoms with Crippen LogP contribution in [0.5, 0.6) is 0 Å². The lowest BCUT2D eigenvalue weighted by Crippen LogP contribution is -2.11. The van der Waals surface area contributed by atoms with E-state index in [0.29, 0.717) is 10.5 Å². The van der Waals surface area contributed by atoms with Gasteiger partial charge in [-0.05, 0) is 32.7 Å². The van der Waals surface area contributed by atoms with Crippen LogP contribution in [0.25, 0.3) is 21.5 Å². The quantitative estimate of drug-likeness (QED) is 0.363. The van der Waals surface area contributed by atoms with Crippen LogP contribution in [-0.4, -0.2) is 11.5 Å². The molecule has 0 amide bonds. The van der Waals surface area contributed by atoms with E-state index >= 15 is 0 Å². The average Bonchev–Trinajstić information content (AvgIpc) is 2.73. The molecule has 0 saturated carbocycles. The van der Waals surface area contributed by atoms with Gasteiger partial charge >= 0.3 is 0 Å². The zero-order chi connectivity index (χ0) is 17.3. The largest absolute Gasteiger partial charge is 0.159 e. The fourth-order valence-electron chi connectivity index (χ4n) is 3.72. The van der Waals surface area contributed by atoms with E-state index in [1.54, 1.807) is 0 Å². The van der Waals surface area contributed by atoms with Crippen molar-refractivity contribution in [1.82, 2.24) is 0 Å². The zero-order valence-corrected chi connectivity index (χ0v) is 16.1. The standard InChI is InChI=1S/C24H20S2/c1-3-7-19-13-21(11-9-17(19)5-1)23-15-25-16-24(26-23)22-12-10-18-6-2-4-8-20(18)14-22/h1-14,23-24H,15-16H2/t23-,24+. The van der Waals surface area contributed by atoms with E-state index in [4.69, 9.17) is 0 Å². The van der Waals surface area contributed by atoms with Gasteiger partial charge < -0.3 is 0 Å². The minimum Gasteiger partial charge on any atom is -0.159 e. The van der Waals surface area contributed by atoms with Crippen molar-refractivity contribution in [2.75, 3.05) is 11.5 Å². The lowest BCUT2D eigenvalue weighted by molar-refractivity contribution is 1.03. The minimum absolute atomic E-state index is 0.565. The Bertz CT molecular complexity index is 984. The van der Waals surface area contributed by atoms with Crippen molar-refractivity contribution in [2.24, 2.45) is 0 Å². The molecule has 0 aromatic heterocycles. The summed E-state index contributed by atoms with van der Waals surface area (Å²) in [6.45, 7) is 0. The molecule has 1 saturated heterocycles. The van der Waals surface area contributed by atoms with E-state index in [9.17, 15) is 0 Å². The first-order chi connectivity index (χ1) is 12.9. The molecular weight excluding hydrogens is 352 g/mol. The molecule has 2 atom stereocenters. The fraction of sp³-hybridized carbons (Fsp3) is 0.167. The maximum absolute atomic E-state index is 2.39. The highest BCUT2D eigenvalue weighted by molar-refractivity contribution is 8.06. The lowest BCUT2D eigenvalue weighted by Gasteiger charge is -2.29. The van der Waals surface area contributed by atoms with Gasteiger partial charge in [0.25, 0.3) is 0 Å². The van der Waals surface area contributed by atoms with Crippen LogP contribution < -0.4 is 0 Å². The Hall–Kier alpha value is -1.90. The number of rotatable bonds is 2. The summed E-state index contributed by atoms with van der Waals surface area (Å²) in [5.41, 5.74) is 2.93. The fourth-order valence-corrected chi connectivity index (χ4v) is 6.88. The van der Waals surface area contributed by atoms with Gasteiger partial charge in [0.15, 0.2) is 0 Å². The molecule has 2 heteroatoms. The molecule has 1 aliphatic rings. The van der Waals surface area contributed by atoms with Crippen molar-refractivity contribution in [2.45, 2.75) is 10.5 Å². The molecule has 1 aliphatic heterocycles. The van der Waals surface area contributed by atoms with Crippen molar-refractivity contribution in [3.05, 3.63) is 96.1 Å². The summed E-state index contributed by atoms with van der Waals surface area (Å²) >= 11 is 4.22. The molecule has 0 nitrogen and oxygen atoms in total. The Labute approximate surface area is 163 Å². The van der Waals surface area contributed by atoms with E-state index in [1.807, 2.05) is 0 Å². The number of hydrogen-bond donors (Lipinski definition) is 0.